The fourth-order valence-electron chi connectivity index (χ4n) is 3.27. The van der Waals surface area contributed by atoms with Crippen LogP contribution in [0.15, 0.2) is 144 Å². The van der Waals surface area contributed by atoms with Gasteiger partial charge in [0.15, 0.2) is 5.89 Å². The highest BCUT2D eigenvalue weighted by molar-refractivity contribution is 7.09. The van der Waals surface area contributed by atoms with Crippen LogP contribution in [0.3, 0.4) is 0 Å². The molecule has 0 bridgehead atoms. The second-order valence-electron chi connectivity index (χ2n) is 10.5. The number of hydrogen-bond donors (Lipinski definition) is 0. The highest BCUT2D eigenvalue weighted by Gasteiger charge is 1.91. The van der Waals surface area contributed by atoms with Gasteiger partial charge < -0.3 is 4.42 Å². The Labute approximate surface area is 300 Å². The molecule has 0 spiro atoms. The lowest BCUT2D eigenvalue weighted by molar-refractivity contribution is 0.521. The van der Waals surface area contributed by atoms with Gasteiger partial charge in [0.1, 0.15) is 17.9 Å². The predicted octanol–water partition coefficient (Wildman–Crippen LogP) is 11.2. The van der Waals surface area contributed by atoms with Gasteiger partial charge in [0.25, 0.3) is 0 Å². The zero-order valence-electron chi connectivity index (χ0n) is 30.1. The minimum absolute atomic E-state index is 0.132. The molecule has 0 radical (unpaired) electrons. The van der Waals surface area contributed by atoms with Crippen molar-refractivity contribution in [3.05, 3.63) is 196 Å². The zero-order valence-corrected chi connectivity index (χ0v) is 30.9. The highest BCUT2D eigenvalue weighted by atomic mass is 32.1. The molecule has 0 amide bonds. The number of aryl methyl sites for hydroxylation is 8. The lowest BCUT2D eigenvalue weighted by Gasteiger charge is -1.90. The number of hydrogen-bond acceptors (Lipinski definition) is 7. The first kappa shape index (κ1) is 42.6. The van der Waals surface area contributed by atoms with Crippen LogP contribution in [-0.4, -0.2) is 24.9 Å². The van der Waals surface area contributed by atoms with E-state index >= 15 is 0 Å². The van der Waals surface area contributed by atoms with E-state index in [2.05, 4.69) is 44.0 Å². The molecular formula is C41H47F2N5OS. The van der Waals surface area contributed by atoms with E-state index in [9.17, 15) is 8.78 Å². The van der Waals surface area contributed by atoms with E-state index in [1.165, 1.54) is 17.7 Å². The van der Waals surface area contributed by atoms with E-state index in [1.54, 1.807) is 81.4 Å². The largest absolute Gasteiger partial charge is 0.449 e. The fraction of sp³-hybridized carbons (Fsp3) is 0.195. The molecule has 6 nitrogen and oxygen atoms in total. The molecule has 0 atom stereocenters. The van der Waals surface area contributed by atoms with Crippen LogP contribution in [0.25, 0.3) is 0 Å². The molecule has 262 valence electrons. The number of benzene rings is 2. The van der Waals surface area contributed by atoms with Crippen LogP contribution >= 0.6 is 11.3 Å². The molecule has 0 aliphatic rings. The van der Waals surface area contributed by atoms with Gasteiger partial charge in [0.2, 0.25) is 0 Å². The van der Waals surface area contributed by atoms with Gasteiger partial charge in [-0.1, -0.05) is 66.2 Å². The summed E-state index contributed by atoms with van der Waals surface area (Å²) >= 11 is 1.67. The summed E-state index contributed by atoms with van der Waals surface area (Å²) in [5.41, 5.74) is 5.72. The molecule has 0 saturated heterocycles. The first-order valence-corrected chi connectivity index (χ1v) is 16.7. The number of aromatic nitrogens is 5. The Hall–Kier alpha value is -5.41. The zero-order chi connectivity index (χ0) is 37.0. The third kappa shape index (κ3) is 23.0. The summed E-state index contributed by atoms with van der Waals surface area (Å²) in [5.74, 6) is 0.343. The van der Waals surface area contributed by atoms with Crippen molar-refractivity contribution in [1.82, 2.24) is 24.9 Å². The van der Waals surface area contributed by atoms with E-state index in [-0.39, 0.29) is 11.6 Å². The fourth-order valence-corrected chi connectivity index (χ4v) is 3.71. The van der Waals surface area contributed by atoms with Crippen molar-refractivity contribution in [2.75, 3.05) is 0 Å². The molecule has 0 aliphatic heterocycles. The Balaban J connectivity index is 0.000000292. The second-order valence-corrected chi connectivity index (χ2v) is 11.6. The van der Waals surface area contributed by atoms with Crippen molar-refractivity contribution >= 4 is 11.3 Å². The summed E-state index contributed by atoms with van der Waals surface area (Å²) in [4.78, 5) is 19.5. The highest BCUT2D eigenvalue weighted by Crippen LogP contribution is 2.02. The van der Waals surface area contributed by atoms with E-state index in [1.807, 2.05) is 93.7 Å². The lowest BCUT2D eigenvalue weighted by Crippen LogP contribution is -1.82. The Morgan fingerprint density at radius 3 is 1.38 bits per heavy atom. The van der Waals surface area contributed by atoms with Gasteiger partial charge in [-0.05, 0) is 96.5 Å². The Morgan fingerprint density at radius 1 is 0.500 bits per heavy atom. The minimum atomic E-state index is -0.243. The average Bonchev–Trinajstić information content (AvgIpc) is 3.80. The smallest absolute Gasteiger partial charge is 0.190 e. The minimum Gasteiger partial charge on any atom is -0.449 e. The third-order valence-corrected chi connectivity index (χ3v) is 6.62. The van der Waals surface area contributed by atoms with Gasteiger partial charge in [-0.25, -0.2) is 13.8 Å². The van der Waals surface area contributed by atoms with Crippen molar-refractivity contribution in [1.29, 1.82) is 0 Å². The first-order valence-electron chi connectivity index (χ1n) is 15.8. The Bertz CT molecular complexity index is 1630. The van der Waals surface area contributed by atoms with Gasteiger partial charge in [-0.2, -0.15) is 0 Å². The van der Waals surface area contributed by atoms with Gasteiger partial charge in [-0.15, -0.1) is 11.3 Å². The molecule has 7 rings (SSSR count). The maximum Gasteiger partial charge on any atom is 0.190 e. The summed E-state index contributed by atoms with van der Waals surface area (Å²) in [5, 5.41) is 3.10. The normalized spacial score (nSPS) is 9.00. The van der Waals surface area contributed by atoms with Crippen LogP contribution in [0.4, 0.5) is 8.78 Å². The molecule has 0 saturated carbocycles. The summed E-state index contributed by atoms with van der Waals surface area (Å²) in [6.45, 7) is 15.2. The molecule has 50 heavy (non-hydrogen) atoms. The molecule has 9 heteroatoms. The molecule has 0 N–H and O–H groups in total. The third-order valence-electron chi connectivity index (χ3n) is 5.91. The summed E-state index contributed by atoms with van der Waals surface area (Å²) in [6, 6.07) is 31.8. The van der Waals surface area contributed by atoms with E-state index in [0.717, 1.165) is 28.0 Å². The summed E-state index contributed by atoms with van der Waals surface area (Å²) in [7, 11) is 0. The lowest BCUT2D eigenvalue weighted by atomic mass is 10.2. The number of rotatable bonds is 0. The van der Waals surface area contributed by atoms with Crippen molar-refractivity contribution in [2.45, 2.75) is 55.4 Å². The van der Waals surface area contributed by atoms with Gasteiger partial charge in [0, 0.05) is 48.0 Å². The first-order chi connectivity index (χ1) is 24.0. The molecular weight excluding hydrogens is 649 g/mol. The molecule has 5 aromatic heterocycles. The van der Waals surface area contributed by atoms with E-state index in [4.69, 9.17) is 4.42 Å². The standard InChI is InChI=1S/C7H7F.C7H9N.C7H8.C6H6FN.C6H7N.C4H5NO.C4H5NS/c1-6-4-2-3-5-7(6)8;1-6-4-3-5-7(2)8-6;1-7-5-3-2-4-6-7;1-5-6(7)3-2-4-8-5;1-6-4-2-3-5-7-6;2*1-4-5-2-3-6-4/h2-5H,1H3;3-5H,1-2H3;2-6H,1H3;2-4H,1H3;2-5H,1H3;2*2-3H,1H3. The average molecular weight is 696 g/mol. The molecule has 0 unspecified atom stereocenters. The van der Waals surface area contributed by atoms with E-state index < -0.39 is 0 Å². The van der Waals surface area contributed by atoms with Gasteiger partial charge >= 0.3 is 0 Å². The van der Waals surface area contributed by atoms with Crippen LogP contribution in [0, 0.1) is 67.0 Å². The SMILES string of the molecule is Cc1cccc(C)n1.Cc1ccccc1.Cc1ccccc1F.Cc1ccccn1.Cc1ncccc1F.Cc1ncco1.Cc1nccs1. The van der Waals surface area contributed by atoms with Gasteiger partial charge in [-0.3, -0.25) is 19.9 Å². The molecule has 0 aliphatic carbocycles. The van der Waals surface area contributed by atoms with Crippen LogP contribution in [0.5, 0.6) is 0 Å². The van der Waals surface area contributed by atoms with Crippen molar-refractivity contribution in [3.8, 4) is 0 Å². The molecule has 0 fully saturated rings. The maximum atomic E-state index is 12.3. The summed E-state index contributed by atoms with van der Waals surface area (Å²) in [6.07, 6.45) is 8.33. The Morgan fingerprint density at radius 2 is 1.10 bits per heavy atom. The van der Waals surface area contributed by atoms with Crippen LogP contribution in [0.2, 0.25) is 0 Å². The van der Waals surface area contributed by atoms with Crippen LogP contribution in [-0.2, 0) is 0 Å². The monoisotopic (exact) mass is 695 g/mol. The van der Waals surface area contributed by atoms with Crippen molar-refractivity contribution in [2.24, 2.45) is 0 Å². The Kier molecular flexibility index (Phi) is 22.6. The molecule has 5 heterocycles. The van der Waals surface area contributed by atoms with Crippen molar-refractivity contribution in [3.63, 3.8) is 0 Å². The quantitative estimate of drug-likeness (QED) is 0.157. The topological polar surface area (TPSA) is 77.6 Å². The van der Waals surface area contributed by atoms with E-state index in [0.29, 0.717) is 11.3 Å². The number of pyridine rings is 3. The number of nitrogens with zero attached hydrogens (tertiary/aromatic N) is 5. The number of thiazole rings is 1. The maximum absolute atomic E-state index is 12.3. The molecule has 7 aromatic rings. The van der Waals surface area contributed by atoms with Crippen LogP contribution in [0.1, 0.15) is 44.8 Å². The van der Waals surface area contributed by atoms with Gasteiger partial charge in [0.05, 0.1) is 16.9 Å². The molecule has 2 aromatic carbocycles. The second kappa shape index (κ2) is 26.5. The van der Waals surface area contributed by atoms with Crippen molar-refractivity contribution < 1.29 is 13.2 Å². The predicted molar refractivity (Wildman–Crippen MR) is 202 cm³/mol. The van der Waals surface area contributed by atoms with Crippen LogP contribution < -0.4 is 0 Å². The number of halogens is 2. The number of oxazole rings is 1. The summed E-state index contributed by atoms with van der Waals surface area (Å²) < 4.78 is 29.3.